The molecular formula is C15H17ClFNO3. The molecule has 1 aromatic rings. The smallest absolute Gasteiger partial charge is 0.305 e. The van der Waals surface area contributed by atoms with Crippen molar-refractivity contribution in [3.8, 4) is 0 Å². The Labute approximate surface area is 127 Å². The van der Waals surface area contributed by atoms with Crippen LogP contribution < -0.4 is 0 Å². The molecule has 114 valence electrons. The first-order chi connectivity index (χ1) is 9.81. The van der Waals surface area contributed by atoms with Crippen molar-refractivity contribution < 1.29 is 19.1 Å². The van der Waals surface area contributed by atoms with Crippen molar-refractivity contribution in [2.45, 2.75) is 26.3 Å². The molecule has 1 rings (SSSR count). The highest BCUT2D eigenvalue weighted by molar-refractivity contribution is 6.30. The van der Waals surface area contributed by atoms with Gasteiger partial charge in [0.25, 0.3) is 0 Å². The number of nitrogens with zero attached hydrogens (tertiary/aromatic N) is 1. The molecule has 0 saturated heterocycles. The number of carboxylic acids is 1. The van der Waals surface area contributed by atoms with Crippen molar-refractivity contribution in [1.29, 1.82) is 0 Å². The van der Waals surface area contributed by atoms with Gasteiger partial charge in [-0.05, 0) is 37.6 Å². The van der Waals surface area contributed by atoms with Gasteiger partial charge in [0.15, 0.2) is 0 Å². The van der Waals surface area contributed by atoms with E-state index < -0.39 is 11.8 Å². The standard InChI is InChI=1S/C15H17ClFNO3/c1-10(2)18(8-7-15(20)21)14(19)6-4-11-3-5-13(17)12(16)9-11/h3-6,9-10H,7-8H2,1-2H3,(H,20,21)/b6-4+. The molecule has 1 amide bonds. The van der Waals surface area contributed by atoms with Crippen molar-refractivity contribution in [2.75, 3.05) is 6.54 Å². The van der Waals surface area contributed by atoms with Crippen LogP contribution in [0.2, 0.25) is 5.02 Å². The zero-order chi connectivity index (χ0) is 16.0. The highest BCUT2D eigenvalue weighted by atomic mass is 35.5. The normalized spacial score (nSPS) is 11.1. The first kappa shape index (κ1) is 17.2. The van der Waals surface area contributed by atoms with E-state index >= 15 is 0 Å². The number of amides is 1. The van der Waals surface area contributed by atoms with Gasteiger partial charge in [0, 0.05) is 18.7 Å². The second-order valence-corrected chi connectivity index (χ2v) is 5.18. The van der Waals surface area contributed by atoms with Gasteiger partial charge < -0.3 is 10.0 Å². The zero-order valence-electron chi connectivity index (χ0n) is 11.8. The lowest BCUT2D eigenvalue weighted by atomic mass is 10.2. The lowest BCUT2D eigenvalue weighted by Gasteiger charge is -2.24. The third-order valence-corrected chi connectivity index (χ3v) is 3.12. The number of hydrogen-bond donors (Lipinski definition) is 1. The molecule has 0 unspecified atom stereocenters. The Morgan fingerprint density at radius 1 is 1.43 bits per heavy atom. The maximum atomic E-state index is 13.0. The van der Waals surface area contributed by atoms with E-state index in [1.54, 1.807) is 0 Å². The Morgan fingerprint density at radius 3 is 2.62 bits per heavy atom. The monoisotopic (exact) mass is 313 g/mol. The number of rotatable bonds is 6. The van der Waals surface area contributed by atoms with Crippen molar-refractivity contribution in [1.82, 2.24) is 4.90 Å². The van der Waals surface area contributed by atoms with Crippen molar-refractivity contribution in [2.24, 2.45) is 0 Å². The van der Waals surface area contributed by atoms with E-state index in [1.807, 2.05) is 13.8 Å². The summed E-state index contributed by atoms with van der Waals surface area (Å²) >= 11 is 5.66. The topological polar surface area (TPSA) is 57.6 Å². The summed E-state index contributed by atoms with van der Waals surface area (Å²) in [7, 11) is 0. The Morgan fingerprint density at radius 2 is 2.10 bits per heavy atom. The third kappa shape index (κ3) is 5.55. The molecule has 4 nitrogen and oxygen atoms in total. The van der Waals surface area contributed by atoms with Crippen LogP contribution in [0.15, 0.2) is 24.3 Å². The highest BCUT2D eigenvalue weighted by Crippen LogP contribution is 2.17. The zero-order valence-corrected chi connectivity index (χ0v) is 12.6. The van der Waals surface area contributed by atoms with Crippen LogP contribution in [0.5, 0.6) is 0 Å². The molecule has 21 heavy (non-hydrogen) atoms. The third-order valence-electron chi connectivity index (χ3n) is 2.84. The molecule has 0 aliphatic heterocycles. The van der Waals surface area contributed by atoms with E-state index in [9.17, 15) is 14.0 Å². The molecule has 6 heteroatoms. The van der Waals surface area contributed by atoms with Gasteiger partial charge in [0.2, 0.25) is 5.91 Å². The minimum Gasteiger partial charge on any atom is -0.481 e. The molecule has 0 radical (unpaired) electrons. The second-order valence-electron chi connectivity index (χ2n) is 4.78. The van der Waals surface area contributed by atoms with Crippen LogP contribution >= 0.6 is 11.6 Å². The Balaban J connectivity index is 2.77. The summed E-state index contributed by atoms with van der Waals surface area (Å²) in [6.07, 6.45) is 2.73. The molecule has 0 atom stereocenters. The van der Waals surface area contributed by atoms with Crippen molar-refractivity contribution in [3.05, 3.63) is 40.7 Å². The van der Waals surface area contributed by atoms with E-state index in [0.29, 0.717) is 5.56 Å². The maximum absolute atomic E-state index is 13.0. The average Bonchev–Trinajstić information content (AvgIpc) is 2.39. The largest absolute Gasteiger partial charge is 0.481 e. The molecular weight excluding hydrogens is 297 g/mol. The summed E-state index contributed by atoms with van der Waals surface area (Å²) < 4.78 is 13.0. The number of carboxylic acid groups (broad SMARTS) is 1. The van der Waals surface area contributed by atoms with E-state index in [0.717, 1.165) is 0 Å². The average molecular weight is 314 g/mol. The van der Waals surface area contributed by atoms with E-state index in [4.69, 9.17) is 16.7 Å². The van der Waals surface area contributed by atoms with Gasteiger partial charge in [-0.1, -0.05) is 17.7 Å². The van der Waals surface area contributed by atoms with Gasteiger partial charge in [-0.25, -0.2) is 4.39 Å². The number of aliphatic carboxylic acids is 1. The molecule has 1 aromatic carbocycles. The molecule has 0 heterocycles. The summed E-state index contributed by atoms with van der Waals surface area (Å²) in [4.78, 5) is 24.1. The SMILES string of the molecule is CC(C)N(CCC(=O)O)C(=O)/C=C/c1ccc(F)c(Cl)c1. The number of carbonyl (C=O) groups is 2. The fourth-order valence-electron chi connectivity index (χ4n) is 1.72. The molecule has 1 N–H and O–H groups in total. The molecule has 0 bridgehead atoms. The molecule has 0 spiro atoms. The highest BCUT2D eigenvalue weighted by Gasteiger charge is 2.15. The van der Waals surface area contributed by atoms with Crippen molar-refractivity contribution in [3.63, 3.8) is 0 Å². The molecule has 0 fully saturated rings. The maximum Gasteiger partial charge on any atom is 0.305 e. The minimum atomic E-state index is -0.956. The van der Waals surface area contributed by atoms with Crippen LogP contribution in [-0.4, -0.2) is 34.5 Å². The van der Waals surface area contributed by atoms with Gasteiger partial charge >= 0.3 is 5.97 Å². The molecule has 0 aliphatic rings. The quantitative estimate of drug-likeness (QED) is 0.820. The van der Waals surface area contributed by atoms with Crippen LogP contribution in [0, 0.1) is 5.82 Å². The second kappa shape index (κ2) is 7.78. The number of halogens is 2. The lowest BCUT2D eigenvalue weighted by Crippen LogP contribution is -2.37. The van der Waals surface area contributed by atoms with Crippen LogP contribution in [0.25, 0.3) is 6.08 Å². The summed E-state index contributed by atoms with van der Waals surface area (Å²) in [5, 5.41) is 8.67. The van der Waals surface area contributed by atoms with Gasteiger partial charge in [0.05, 0.1) is 11.4 Å². The van der Waals surface area contributed by atoms with Crippen LogP contribution in [0.4, 0.5) is 4.39 Å². The Kier molecular flexibility index (Phi) is 6.37. The van der Waals surface area contributed by atoms with Crippen molar-refractivity contribution >= 4 is 29.6 Å². The van der Waals surface area contributed by atoms with Crippen LogP contribution in [-0.2, 0) is 9.59 Å². The van der Waals surface area contributed by atoms with Gasteiger partial charge in [-0.2, -0.15) is 0 Å². The summed E-state index contributed by atoms with van der Waals surface area (Å²) in [5.74, 6) is -1.78. The van der Waals surface area contributed by atoms with Crippen LogP contribution in [0.3, 0.4) is 0 Å². The summed E-state index contributed by atoms with van der Waals surface area (Å²) in [6.45, 7) is 3.76. The first-order valence-corrected chi connectivity index (χ1v) is 6.84. The van der Waals surface area contributed by atoms with E-state index in [2.05, 4.69) is 0 Å². The Bertz CT molecular complexity index is 558. The number of benzene rings is 1. The molecule has 0 aromatic heterocycles. The first-order valence-electron chi connectivity index (χ1n) is 6.46. The Hall–Kier alpha value is -1.88. The molecule has 0 aliphatic carbocycles. The lowest BCUT2D eigenvalue weighted by molar-refractivity contribution is -0.138. The van der Waals surface area contributed by atoms with E-state index in [-0.39, 0.29) is 29.9 Å². The summed E-state index contributed by atoms with van der Waals surface area (Å²) in [5.41, 5.74) is 0.594. The fraction of sp³-hybridized carbons (Fsp3) is 0.333. The number of carbonyl (C=O) groups excluding carboxylic acids is 1. The minimum absolute atomic E-state index is 0.0174. The predicted octanol–water partition coefficient (Wildman–Crippen LogP) is 3.20. The number of hydrogen-bond acceptors (Lipinski definition) is 2. The van der Waals surface area contributed by atoms with Gasteiger partial charge in [0.1, 0.15) is 5.82 Å². The van der Waals surface area contributed by atoms with Crippen LogP contribution in [0.1, 0.15) is 25.8 Å². The fourth-order valence-corrected chi connectivity index (χ4v) is 1.91. The predicted molar refractivity (Wildman–Crippen MR) is 79.5 cm³/mol. The van der Waals surface area contributed by atoms with Gasteiger partial charge in [-0.15, -0.1) is 0 Å². The van der Waals surface area contributed by atoms with E-state index in [1.165, 1.54) is 35.3 Å². The molecule has 0 saturated carbocycles. The van der Waals surface area contributed by atoms with Gasteiger partial charge in [-0.3, -0.25) is 9.59 Å². The summed E-state index contributed by atoms with van der Waals surface area (Å²) in [6, 6.07) is 4.02.